The molecule has 3 aromatic rings. The number of fused-ring (bicyclic) bond motifs is 1. The number of nitrogens with zero attached hydrogens (tertiary/aromatic N) is 3. The highest BCUT2D eigenvalue weighted by Gasteiger charge is 2.12. The molecule has 0 N–H and O–H groups in total. The standard InChI is InChI=1S/C16H17N3/c1-11(2)12-6-7-15-14(9-12)16(18-19(15)3)13-5-4-8-17-10-13/h4-11H,1-3H3. The molecule has 0 fully saturated rings. The van der Waals surface area contributed by atoms with Gasteiger partial charge >= 0.3 is 0 Å². The molecule has 0 bridgehead atoms. The van der Waals surface area contributed by atoms with E-state index in [-0.39, 0.29) is 0 Å². The summed E-state index contributed by atoms with van der Waals surface area (Å²) in [5.41, 5.74) is 4.57. The average Bonchev–Trinajstić information content (AvgIpc) is 2.77. The summed E-state index contributed by atoms with van der Waals surface area (Å²) in [6.07, 6.45) is 3.65. The third-order valence-corrected chi connectivity index (χ3v) is 3.48. The molecular formula is C16H17N3. The summed E-state index contributed by atoms with van der Waals surface area (Å²) < 4.78 is 1.93. The Labute approximate surface area is 112 Å². The Morgan fingerprint density at radius 2 is 2.00 bits per heavy atom. The zero-order valence-electron chi connectivity index (χ0n) is 11.5. The van der Waals surface area contributed by atoms with Crippen molar-refractivity contribution < 1.29 is 0 Å². The van der Waals surface area contributed by atoms with Gasteiger partial charge in [0.1, 0.15) is 5.69 Å². The molecule has 3 nitrogen and oxygen atoms in total. The first kappa shape index (κ1) is 11.9. The molecule has 3 rings (SSSR count). The normalized spacial score (nSPS) is 11.4. The molecule has 3 heteroatoms. The Bertz CT molecular complexity index is 711. The van der Waals surface area contributed by atoms with Crippen molar-refractivity contribution in [2.24, 2.45) is 7.05 Å². The van der Waals surface area contributed by atoms with Crippen molar-refractivity contribution >= 4 is 10.9 Å². The second kappa shape index (κ2) is 4.50. The summed E-state index contributed by atoms with van der Waals surface area (Å²) >= 11 is 0. The minimum absolute atomic E-state index is 0.520. The van der Waals surface area contributed by atoms with Crippen molar-refractivity contribution in [3.05, 3.63) is 48.3 Å². The molecule has 2 heterocycles. The summed E-state index contributed by atoms with van der Waals surface area (Å²) in [5, 5.41) is 5.83. The van der Waals surface area contributed by atoms with Crippen LogP contribution in [0.1, 0.15) is 25.3 Å². The lowest BCUT2D eigenvalue weighted by Crippen LogP contribution is -1.90. The number of rotatable bonds is 2. The molecule has 0 atom stereocenters. The molecule has 0 saturated heterocycles. The van der Waals surface area contributed by atoms with E-state index in [2.05, 4.69) is 48.2 Å². The van der Waals surface area contributed by atoms with Crippen LogP contribution < -0.4 is 0 Å². The van der Waals surface area contributed by atoms with Crippen molar-refractivity contribution in [3.63, 3.8) is 0 Å². The van der Waals surface area contributed by atoms with E-state index in [1.54, 1.807) is 6.20 Å². The number of benzene rings is 1. The quantitative estimate of drug-likeness (QED) is 0.694. The Kier molecular flexibility index (Phi) is 2.82. The largest absolute Gasteiger partial charge is 0.267 e. The number of aryl methyl sites for hydroxylation is 1. The van der Waals surface area contributed by atoms with Crippen molar-refractivity contribution in [2.75, 3.05) is 0 Å². The monoisotopic (exact) mass is 251 g/mol. The molecule has 1 aromatic carbocycles. The highest BCUT2D eigenvalue weighted by Crippen LogP contribution is 2.29. The van der Waals surface area contributed by atoms with Gasteiger partial charge in [-0.1, -0.05) is 19.9 Å². The van der Waals surface area contributed by atoms with E-state index < -0.39 is 0 Å². The van der Waals surface area contributed by atoms with E-state index in [1.807, 2.05) is 24.0 Å². The molecule has 0 aliphatic heterocycles. The summed E-state index contributed by atoms with van der Waals surface area (Å²) in [5.74, 6) is 0.520. The van der Waals surface area contributed by atoms with Crippen LogP contribution in [0.2, 0.25) is 0 Å². The molecule has 19 heavy (non-hydrogen) atoms. The van der Waals surface area contributed by atoms with E-state index >= 15 is 0 Å². The molecule has 0 saturated carbocycles. The predicted octanol–water partition coefficient (Wildman–Crippen LogP) is 3.76. The zero-order valence-corrected chi connectivity index (χ0v) is 11.5. The van der Waals surface area contributed by atoms with Gasteiger partial charge in [0.15, 0.2) is 0 Å². The number of hydrogen-bond donors (Lipinski definition) is 0. The van der Waals surface area contributed by atoms with Crippen LogP contribution in [0.25, 0.3) is 22.2 Å². The van der Waals surface area contributed by atoms with Gasteiger partial charge in [0.2, 0.25) is 0 Å². The van der Waals surface area contributed by atoms with Crippen LogP contribution in [0.15, 0.2) is 42.7 Å². The first-order valence-electron chi connectivity index (χ1n) is 6.54. The van der Waals surface area contributed by atoms with Crippen LogP contribution in [-0.4, -0.2) is 14.8 Å². The maximum atomic E-state index is 4.64. The van der Waals surface area contributed by atoms with Crippen LogP contribution >= 0.6 is 0 Å². The Hall–Kier alpha value is -2.16. The SMILES string of the molecule is CC(C)c1ccc2c(c1)c(-c1cccnc1)nn2C. The Balaban J connectivity index is 2.27. The van der Waals surface area contributed by atoms with Gasteiger partial charge in [-0.3, -0.25) is 9.67 Å². The number of aromatic nitrogens is 3. The zero-order chi connectivity index (χ0) is 13.4. The summed E-state index contributed by atoms with van der Waals surface area (Å²) in [7, 11) is 1.98. The van der Waals surface area contributed by atoms with Crippen LogP contribution in [-0.2, 0) is 7.05 Å². The molecule has 0 spiro atoms. The van der Waals surface area contributed by atoms with E-state index in [4.69, 9.17) is 0 Å². The van der Waals surface area contributed by atoms with Gasteiger partial charge < -0.3 is 0 Å². The topological polar surface area (TPSA) is 30.7 Å². The van der Waals surface area contributed by atoms with Crippen molar-refractivity contribution in [2.45, 2.75) is 19.8 Å². The fourth-order valence-electron chi connectivity index (χ4n) is 2.36. The third kappa shape index (κ3) is 2.01. The van der Waals surface area contributed by atoms with Crippen LogP contribution in [0.5, 0.6) is 0 Å². The maximum Gasteiger partial charge on any atom is 0.102 e. The summed E-state index contributed by atoms with van der Waals surface area (Å²) in [6, 6.07) is 10.6. The van der Waals surface area contributed by atoms with E-state index in [1.165, 1.54) is 10.9 Å². The van der Waals surface area contributed by atoms with Gasteiger partial charge in [0, 0.05) is 30.4 Å². The molecule has 2 aromatic heterocycles. The molecule has 0 aliphatic carbocycles. The van der Waals surface area contributed by atoms with Crippen molar-refractivity contribution in [3.8, 4) is 11.3 Å². The molecule has 96 valence electrons. The van der Waals surface area contributed by atoms with Crippen LogP contribution in [0, 0.1) is 0 Å². The summed E-state index contributed by atoms with van der Waals surface area (Å²) in [6.45, 7) is 4.42. The van der Waals surface area contributed by atoms with E-state index in [9.17, 15) is 0 Å². The minimum Gasteiger partial charge on any atom is -0.267 e. The van der Waals surface area contributed by atoms with Gasteiger partial charge in [-0.25, -0.2) is 0 Å². The van der Waals surface area contributed by atoms with Crippen LogP contribution in [0.4, 0.5) is 0 Å². The first-order chi connectivity index (χ1) is 9.16. The van der Waals surface area contributed by atoms with Gasteiger partial charge in [0.25, 0.3) is 0 Å². The maximum absolute atomic E-state index is 4.64. The highest BCUT2D eigenvalue weighted by atomic mass is 15.3. The second-order valence-corrected chi connectivity index (χ2v) is 5.15. The summed E-state index contributed by atoms with van der Waals surface area (Å²) in [4.78, 5) is 4.19. The van der Waals surface area contributed by atoms with Gasteiger partial charge in [-0.05, 0) is 35.7 Å². The lowest BCUT2D eigenvalue weighted by atomic mass is 10.00. The Morgan fingerprint density at radius 3 is 2.68 bits per heavy atom. The molecule has 0 aliphatic rings. The fourth-order valence-corrected chi connectivity index (χ4v) is 2.36. The van der Waals surface area contributed by atoms with Gasteiger partial charge in [-0.15, -0.1) is 0 Å². The molecular weight excluding hydrogens is 234 g/mol. The second-order valence-electron chi connectivity index (χ2n) is 5.15. The van der Waals surface area contributed by atoms with Crippen LogP contribution in [0.3, 0.4) is 0 Å². The smallest absolute Gasteiger partial charge is 0.102 e. The molecule has 0 radical (unpaired) electrons. The molecule has 0 unspecified atom stereocenters. The number of hydrogen-bond acceptors (Lipinski definition) is 2. The predicted molar refractivity (Wildman–Crippen MR) is 78.0 cm³/mol. The van der Waals surface area contributed by atoms with Crippen molar-refractivity contribution in [1.82, 2.24) is 14.8 Å². The number of pyridine rings is 1. The Morgan fingerprint density at radius 1 is 1.16 bits per heavy atom. The third-order valence-electron chi connectivity index (χ3n) is 3.48. The average molecular weight is 251 g/mol. The van der Waals surface area contributed by atoms with Crippen molar-refractivity contribution in [1.29, 1.82) is 0 Å². The minimum atomic E-state index is 0.520. The fraction of sp³-hybridized carbons (Fsp3) is 0.250. The van der Waals surface area contributed by atoms with Gasteiger partial charge in [0.05, 0.1) is 5.52 Å². The van der Waals surface area contributed by atoms with E-state index in [0.717, 1.165) is 16.8 Å². The van der Waals surface area contributed by atoms with E-state index in [0.29, 0.717) is 5.92 Å². The van der Waals surface area contributed by atoms with Gasteiger partial charge in [-0.2, -0.15) is 5.10 Å². The molecule has 0 amide bonds. The lowest BCUT2D eigenvalue weighted by Gasteiger charge is -2.05. The lowest BCUT2D eigenvalue weighted by molar-refractivity contribution is 0.800. The first-order valence-corrected chi connectivity index (χ1v) is 6.54. The highest BCUT2D eigenvalue weighted by molar-refractivity contribution is 5.93.